The van der Waals surface area contributed by atoms with E-state index in [0.29, 0.717) is 16.4 Å². The van der Waals surface area contributed by atoms with E-state index in [9.17, 15) is 14.4 Å². The van der Waals surface area contributed by atoms with Gasteiger partial charge in [-0.2, -0.15) is 5.10 Å². The minimum Gasteiger partial charge on any atom is -0.454 e. The number of benzene rings is 2. The molecule has 34 heavy (non-hydrogen) atoms. The van der Waals surface area contributed by atoms with Gasteiger partial charge in [0.05, 0.1) is 16.3 Å². The molecule has 0 saturated heterocycles. The maximum Gasteiger partial charge on any atom is 0.325 e. The number of nitrogens with one attached hydrogen (secondary N) is 2. The van der Waals surface area contributed by atoms with Gasteiger partial charge in [0.2, 0.25) is 0 Å². The second-order valence-corrected chi connectivity index (χ2v) is 8.34. The molecule has 0 aliphatic carbocycles. The summed E-state index contributed by atoms with van der Waals surface area (Å²) in [6.07, 6.45) is 0. The lowest BCUT2D eigenvalue weighted by molar-refractivity contribution is -0.146. The van der Waals surface area contributed by atoms with Crippen LogP contribution in [0.5, 0.6) is 0 Å². The topological polar surface area (TPSA) is 102 Å². The van der Waals surface area contributed by atoms with E-state index in [4.69, 9.17) is 4.74 Å². The quantitative estimate of drug-likeness (QED) is 0.378. The van der Waals surface area contributed by atoms with E-state index in [2.05, 4.69) is 15.7 Å². The maximum absolute atomic E-state index is 12.5. The van der Waals surface area contributed by atoms with Crippen LogP contribution in [-0.2, 0) is 14.3 Å². The molecule has 172 valence electrons. The highest BCUT2D eigenvalue weighted by atomic mass is 32.1. The summed E-state index contributed by atoms with van der Waals surface area (Å²) in [5, 5.41) is 11.6. The predicted octanol–water partition coefficient (Wildman–Crippen LogP) is 3.82. The Bertz CT molecular complexity index is 1280. The molecule has 8 nitrogen and oxygen atoms in total. The number of ether oxygens (including phenoxy) is 1. The number of carbonyl (C=O) groups excluding carboxylic acids is 3. The lowest BCUT2D eigenvalue weighted by Crippen LogP contribution is -2.32. The molecule has 0 spiro atoms. The highest BCUT2D eigenvalue weighted by molar-refractivity contribution is 7.12. The van der Waals surface area contributed by atoms with Crippen molar-refractivity contribution in [2.45, 2.75) is 6.92 Å². The second-order valence-electron chi connectivity index (χ2n) is 7.40. The monoisotopic (exact) mass is 474 g/mol. The largest absolute Gasteiger partial charge is 0.454 e. The van der Waals surface area contributed by atoms with Crippen LogP contribution in [0.15, 0.2) is 78.2 Å². The molecule has 0 fully saturated rings. The fraction of sp³-hybridized carbons (Fsp3) is 0.120. The van der Waals surface area contributed by atoms with Crippen molar-refractivity contribution in [2.24, 2.45) is 0 Å². The molecule has 0 atom stereocenters. The zero-order chi connectivity index (χ0) is 23.9. The standard InChI is InChI=1S/C25H22N4O4S/c1-17-9-11-18(12-10-17)20-14-22(29(28-20)19-6-3-2-4-7-19)27-23(30)16-33-24(31)15-26-25(32)21-8-5-13-34-21/h2-14H,15-16H2,1H3,(H,26,32)(H,27,30). The first-order chi connectivity index (χ1) is 16.5. The maximum atomic E-state index is 12.5. The van der Waals surface area contributed by atoms with Crippen molar-refractivity contribution < 1.29 is 19.1 Å². The van der Waals surface area contributed by atoms with Crippen LogP contribution in [0, 0.1) is 6.92 Å². The smallest absolute Gasteiger partial charge is 0.325 e. The lowest BCUT2D eigenvalue weighted by atomic mass is 10.1. The van der Waals surface area contributed by atoms with Crippen molar-refractivity contribution in [1.29, 1.82) is 0 Å². The van der Waals surface area contributed by atoms with E-state index in [-0.39, 0.29) is 12.5 Å². The van der Waals surface area contributed by atoms with Crippen LogP contribution in [0.1, 0.15) is 15.2 Å². The van der Waals surface area contributed by atoms with Crippen molar-refractivity contribution in [3.05, 3.63) is 88.6 Å². The van der Waals surface area contributed by atoms with Gasteiger partial charge in [0, 0.05) is 11.6 Å². The average Bonchev–Trinajstić information content (AvgIpc) is 3.53. The second kappa shape index (κ2) is 10.6. The molecule has 2 N–H and O–H groups in total. The first-order valence-corrected chi connectivity index (χ1v) is 11.4. The SMILES string of the molecule is Cc1ccc(-c2cc(NC(=O)COC(=O)CNC(=O)c3cccs3)n(-c3ccccc3)n2)cc1. The predicted molar refractivity (Wildman–Crippen MR) is 130 cm³/mol. The van der Waals surface area contributed by atoms with E-state index in [1.54, 1.807) is 28.3 Å². The van der Waals surface area contributed by atoms with Gasteiger partial charge in [-0.1, -0.05) is 54.1 Å². The zero-order valence-electron chi connectivity index (χ0n) is 18.4. The Morgan fingerprint density at radius 1 is 1.00 bits per heavy atom. The Hall–Kier alpha value is -4.24. The summed E-state index contributed by atoms with van der Waals surface area (Å²) < 4.78 is 6.62. The Morgan fingerprint density at radius 3 is 2.47 bits per heavy atom. The third kappa shape index (κ3) is 5.76. The molecule has 4 rings (SSSR count). The molecule has 0 bridgehead atoms. The first-order valence-electron chi connectivity index (χ1n) is 10.5. The Balaban J connectivity index is 1.40. The average molecular weight is 475 g/mol. The molecule has 2 aromatic heterocycles. The number of amides is 2. The Labute approximate surface area is 200 Å². The number of hydrogen-bond acceptors (Lipinski definition) is 6. The van der Waals surface area contributed by atoms with Crippen LogP contribution in [0.25, 0.3) is 16.9 Å². The molecular weight excluding hydrogens is 452 g/mol. The third-order valence-corrected chi connectivity index (χ3v) is 5.70. The van der Waals surface area contributed by atoms with Gasteiger partial charge in [-0.05, 0) is 30.5 Å². The Kier molecular flexibility index (Phi) is 7.14. The van der Waals surface area contributed by atoms with E-state index in [0.717, 1.165) is 16.8 Å². The third-order valence-electron chi connectivity index (χ3n) is 4.83. The molecule has 0 saturated carbocycles. The van der Waals surface area contributed by atoms with Gasteiger partial charge in [0.1, 0.15) is 12.4 Å². The lowest BCUT2D eigenvalue weighted by Gasteiger charge is -2.09. The molecule has 9 heteroatoms. The summed E-state index contributed by atoms with van der Waals surface area (Å²) in [5.41, 5.74) is 3.49. The number of anilines is 1. The molecule has 2 amide bonds. The van der Waals surface area contributed by atoms with Gasteiger partial charge >= 0.3 is 5.97 Å². The van der Waals surface area contributed by atoms with Gasteiger partial charge in [-0.3, -0.25) is 14.4 Å². The zero-order valence-corrected chi connectivity index (χ0v) is 19.2. The molecular formula is C25H22N4O4S. The molecule has 2 aromatic carbocycles. The van der Waals surface area contributed by atoms with Gasteiger partial charge in [-0.25, -0.2) is 4.68 Å². The van der Waals surface area contributed by atoms with Gasteiger partial charge < -0.3 is 15.4 Å². The van der Waals surface area contributed by atoms with Crippen LogP contribution in [0.2, 0.25) is 0 Å². The van der Waals surface area contributed by atoms with Crippen molar-refractivity contribution in [1.82, 2.24) is 15.1 Å². The van der Waals surface area contributed by atoms with Crippen molar-refractivity contribution in [3.63, 3.8) is 0 Å². The number of thiophene rings is 1. The molecule has 2 heterocycles. The number of nitrogens with zero attached hydrogens (tertiary/aromatic N) is 2. The number of rotatable bonds is 8. The van der Waals surface area contributed by atoms with Crippen LogP contribution in [-0.4, -0.2) is 40.7 Å². The fourth-order valence-corrected chi connectivity index (χ4v) is 3.76. The van der Waals surface area contributed by atoms with Crippen LogP contribution >= 0.6 is 11.3 Å². The minimum absolute atomic E-state index is 0.330. The normalized spacial score (nSPS) is 10.5. The molecule has 0 unspecified atom stereocenters. The van der Waals surface area contributed by atoms with E-state index in [1.807, 2.05) is 61.5 Å². The summed E-state index contributed by atoms with van der Waals surface area (Å²) in [6.45, 7) is 1.18. The minimum atomic E-state index is -0.711. The molecule has 0 aliphatic heterocycles. The number of hydrogen-bond donors (Lipinski definition) is 2. The Morgan fingerprint density at radius 2 is 1.76 bits per heavy atom. The van der Waals surface area contributed by atoms with Gasteiger partial charge in [0.15, 0.2) is 6.61 Å². The number of para-hydroxylation sites is 1. The van der Waals surface area contributed by atoms with Gasteiger partial charge in [0.25, 0.3) is 11.8 Å². The van der Waals surface area contributed by atoms with E-state index < -0.39 is 18.5 Å². The summed E-state index contributed by atoms with van der Waals surface area (Å²) >= 11 is 1.27. The molecule has 4 aromatic rings. The van der Waals surface area contributed by atoms with Crippen LogP contribution in [0.3, 0.4) is 0 Å². The summed E-state index contributed by atoms with van der Waals surface area (Å²) in [6, 6.07) is 22.5. The van der Waals surface area contributed by atoms with Gasteiger partial charge in [-0.15, -0.1) is 11.3 Å². The molecule has 0 radical (unpaired) electrons. The number of aryl methyl sites for hydroxylation is 1. The fourth-order valence-electron chi connectivity index (χ4n) is 3.12. The van der Waals surface area contributed by atoms with Crippen molar-refractivity contribution in [3.8, 4) is 16.9 Å². The highest BCUT2D eigenvalue weighted by Gasteiger charge is 2.16. The van der Waals surface area contributed by atoms with Crippen LogP contribution in [0.4, 0.5) is 5.82 Å². The van der Waals surface area contributed by atoms with Crippen molar-refractivity contribution >= 4 is 34.9 Å². The van der Waals surface area contributed by atoms with Crippen molar-refractivity contribution in [2.75, 3.05) is 18.5 Å². The molecule has 0 aliphatic rings. The first kappa shape index (κ1) is 22.9. The highest BCUT2D eigenvalue weighted by Crippen LogP contribution is 2.25. The number of aromatic nitrogens is 2. The number of carbonyl (C=O) groups is 3. The van der Waals surface area contributed by atoms with Crippen LogP contribution < -0.4 is 10.6 Å². The summed E-state index contributed by atoms with van der Waals surface area (Å²) in [7, 11) is 0. The van der Waals surface area contributed by atoms with E-state index in [1.165, 1.54) is 11.3 Å². The number of esters is 1. The summed E-state index contributed by atoms with van der Waals surface area (Å²) in [4.78, 5) is 36.8. The van der Waals surface area contributed by atoms with E-state index >= 15 is 0 Å². The summed E-state index contributed by atoms with van der Waals surface area (Å²) in [5.74, 6) is -1.16.